The lowest BCUT2D eigenvalue weighted by molar-refractivity contribution is 0.161. The average molecular weight is 461 g/mol. The van der Waals surface area contributed by atoms with E-state index in [-0.39, 0.29) is 11.6 Å². The molecule has 1 unspecified atom stereocenters. The molecule has 4 rings (SSSR count). The fourth-order valence-corrected chi connectivity index (χ4v) is 3.82. The van der Waals surface area contributed by atoms with E-state index in [2.05, 4.69) is 26.6 Å². The Morgan fingerprint density at radius 3 is 2.68 bits per heavy atom. The first-order valence-electron chi connectivity index (χ1n) is 11.0. The summed E-state index contributed by atoms with van der Waals surface area (Å²) >= 11 is 0. The molecule has 3 heterocycles. The van der Waals surface area contributed by atoms with Gasteiger partial charge in [0.05, 0.1) is 30.2 Å². The van der Waals surface area contributed by atoms with Crippen LogP contribution in [-0.2, 0) is 11.3 Å². The molecule has 0 bridgehead atoms. The molecule has 0 saturated heterocycles. The molecular weight excluding hydrogens is 432 g/mol. The molecule has 9 nitrogen and oxygen atoms in total. The Hall–Kier alpha value is -3.69. The number of hydrogen-bond donors (Lipinski definition) is 1. The van der Waals surface area contributed by atoms with Gasteiger partial charge in [-0.25, -0.2) is 4.98 Å². The zero-order valence-electron chi connectivity index (χ0n) is 20.0. The topological polar surface area (TPSA) is 108 Å². The van der Waals surface area contributed by atoms with Crippen LogP contribution in [0.2, 0.25) is 0 Å². The summed E-state index contributed by atoms with van der Waals surface area (Å²) in [6.45, 7) is 7.00. The molecule has 0 radical (unpaired) electrons. The number of rotatable bonds is 8. The van der Waals surface area contributed by atoms with Crippen LogP contribution in [0, 0.1) is 13.8 Å². The molecule has 34 heavy (non-hydrogen) atoms. The summed E-state index contributed by atoms with van der Waals surface area (Å²) in [6, 6.07) is 9.26. The molecular formula is C25H28N6O3. The smallest absolute Gasteiger partial charge is 0.268 e. The van der Waals surface area contributed by atoms with Crippen LogP contribution in [0.5, 0.6) is 0 Å². The van der Waals surface area contributed by atoms with Gasteiger partial charge in [-0.1, -0.05) is 12.1 Å². The predicted molar refractivity (Wildman–Crippen MR) is 129 cm³/mol. The van der Waals surface area contributed by atoms with Crippen LogP contribution in [-0.4, -0.2) is 45.5 Å². The molecule has 1 N–H and O–H groups in total. The van der Waals surface area contributed by atoms with E-state index in [0.717, 1.165) is 23.2 Å². The molecule has 176 valence electrons. The van der Waals surface area contributed by atoms with Gasteiger partial charge in [0.1, 0.15) is 5.69 Å². The van der Waals surface area contributed by atoms with Crippen LogP contribution in [0.15, 0.2) is 51.9 Å². The Balaban J connectivity index is 1.69. The summed E-state index contributed by atoms with van der Waals surface area (Å²) in [5, 5.41) is 11.6. The van der Waals surface area contributed by atoms with Gasteiger partial charge in [0.25, 0.3) is 11.4 Å². The number of hydrogen-bond acceptors (Lipinski definition) is 8. The van der Waals surface area contributed by atoms with Crippen LogP contribution >= 0.6 is 0 Å². The first-order chi connectivity index (χ1) is 16.4. The second-order valence-corrected chi connectivity index (χ2v) is 8.25. The van der Waals surface area contributed by atoms with Crippen molar-refractivity contribution in [1.29, 1.82) is 0 Å². The number of ether oxygens (including phenoxy) is 1. The largest absolute Gasteiger partial charge is 0.415 e. The molecule has 0 amide bonds. The summed E-state index contributed by atoms with van der Waals surface area (Å²) in [6.07, 6.45) is 3.44. The van der Waals surface area contributed by atoms with E-state index in [4.69, 9.17) is 14.1 Å². The number of nitrogens with zero attached hydrogens (tertiary/aromatic N) is 5. The summed E-state index contributed by atoms with van der Waals surface area (Å²) in [5.74, 6) is 0.721. The van der Waals surface area contributed by atoms with Crippen LogP contribution < -0.4 is 10.9 Å². The third-order valence-electron chi connectivity index (χ3n) is 5.60. The first kappa shape index (κ1) is 23.5. The fraction of sp³-hybridized carbons (Fsp3) is 0.320. The van der Waals surface area contributed by atoms with Gasteiger partial charge in [-0.3, -0.25) is 9.78 Å². The molecule has 0 saturated carbocycles. The van der Waals surface area contributed by atoms with Gasteiger partial charge in [-0.2, -0.15) is 0 Å². The van der Waals surface area contributed by atoms with Crippen molar-refractivity contribution in [2.75, 3.05) is 20.8 Å². The minimum absolute atomic E-state index is 0.105. The maximum Gasteiger partial charge on any atom is 0.268 e. The zero-order chi connectivity index (χ0) is 24.2. The minimum atomic E-state index is -0.114. The summed E-state index contributed by atoms with van der Waals surface area (Å²) in [5.41, 5.74) is 5.53. The Kier molecular flexibility index (Phi) is 6.95. The molecule has 0 aliphatic rings. The Bertz CT molecular complexity index is 1360. The van der Waals surface area contributed by atoms with Crippen molar-refractivity contribution in [3.8, 4) is 34.3 Å². The van der Waals surface area contributed by atoms with Crippen molar-refractivity contribution in [2.24, 2.45) is 0 Å². The number of aryl methyl sites for hydroxylation is 2. The number of nitrogens with one attached hydrogen (secondary N) is 1. The lowest BCUT2D eigenvalue weighted by Gasteiger charge is -2.15. The van der Waals surface area contributed by atoms with E-state index in [0.29, 0.717) is 35.5 Å². The van der Waals surface area contributed by atoms with Crippen molar-refractivity contribution in [2.45, 2.75) is 33.4 Å². The highest BCUT2D eigenvalue weighted by atomic mass is 16.5. The summed E-state index contributed by atoms with van der Waals surface area (Å²) in [7, 11) is 3.53. The fourth-order valence-electron chi connectivity index (χ4n) is 3.82. The highest BCUT2D eigenvalue weighted by Gasteiger charge is 2.18. The Morgan fingerprint density at radius 1 is 1.15 bits per heavy atom. The quantitative estimate of drug-likeness (QED) is 0.425. The van der Waals surface area contributed by atoms with Gasteiger partial charge in [-0.15, -0.1) is 10.2 Å². The van der Waals surface area contributed by atoms with Crippen LogP contribution in [0.4, 0.5) is 0 Å². The number of aromatic nitrogens is 5. The van der Waals surface area contributed by atoms with Gasteiger partial charge in [-0.05, 0) is 51.1 Å². The lowest BCUT2D eigenvalue weighted by atomic mass is 10.1. The van der Waals surface area contributed by atoms with Gasteiger partial charge in [0, 0.05) is 37.0 Å². The molecule has 0 aliphatic carbocycles. The minimum Gasteiger partial charge on any atom is -0.415 e. The monoisotopic (exact) mass is 460 g/mol. The van der Waals surface area contributed by atoms with Crippen molar-refractivity contribution < 1.29 is 9.15 Å². The van der Waals surface area contributed by atoms with Gasteiger partial charge in [0.15, 0.2) is 0 Å². The third kappa shape index (κ3) is 4.80. The Labute approximate surface area is 197 Å². The number of methoxy groups -OCH3 is 1. The highest BCUT2D eigenvalue weighted by molar-refractivity contribution is 5.64. The van der Waals surface area contributed by atoms with E-state index < -0.39 is 0 Å². The summed E-state index contributed by atoms with van der Waals surface area (Å²) < 4.78 is 12.8. The lowest BCUT2D eigenvalue weighted by Crippen LogP contribution is -2.24. The van der Waals surface area contributed by atoms with Crippen LogP contribution in [0.1, 0.15) is 29.8 Å². The standard InChI is InChI=1S/C25H28N6O3/c1-15-10-18(11-26-4)6-8-20(15)24-29-30-25(34-24)23-17(3)27-12-21(28-23)19-7-9-22(32)31(13-19)16(2)14-33-5/h6-10,12-13,16,26H,11,14H2,1-5H3. The molecule has 0 spiro atoms. The van der Waals surface area contributed by atoms with Crippen LogP contribution in [0.3, 0.4) is 0 Å². The molecule has 3 aromatic heterocycles. The molecule has 4 aromatic rings. The van der Waals surface area contributed by atoms with Gasteiger partial charge >= 0.3 is 0 Å². The van der Waals surface area contributed by atoms with Crippen molar-refractivity contribution in [1.82, 2.24) is 30.0 Å². The maximum atomic E-state index is 12.3. The second kappa shape index (κ2) is 10.1. The van der Waals surface area contributed by atoms with E-state index in [9.17, 15) is 4.79 Å². The number of pyridine rings is 1. The molecule has 1 aromatic carbocycles. The highest BCUT2D eigenvalue weighted by Crippen LogP contribution is 2.28. The third-order valence-corrected chi connectivity index (χ3v) is 5.60. The van der Waals surface area contributed by atoms with E-state index in [1.165, 1.54) is 11.6 Å². The van der Waals surface area contributed by atoms with Crippen molar-refractivity contribution in [3.63, 3.8) is 0 Å². The molecule has 0 aliphatic heterocycles. The SMILES string of the molecule is CNCc1ccc(-c2nnc(-c3nc(-c4ccc(=O)n(C(C)COC)c4)cnc3C)o2)c(C)c1. The van der Waals surface area contributed by atoms with E-state index >= 15 is 0 Å². The van der Waals surface area contributed by atoms with Crippen molar-refractivity contribution >= 4 is 0 Å². The van der Waals surface area contributed by atoms with Gasteiger partial charge < -0.3 is 19.0 Å². The van der Waals surface area contributed by atoms with E-state index in [1.807, 2.05) is 40.0 Å². The second-order valence-electron chi connectivity index (χ2n) is 8.25. The van der Waals surface area contributed by atoms with Crippen molar-refractivity contribution in [3.05, 3.63) is 69.9 Å². The average Bonchev–Trinajstić information content (AvgIpc) is 3.30. The van der Waals surface area contributed by atoms with Crippen LogP contribution in [0.25, 0.3) is 34.3 Å². The number of benzene rings is 1. The van der Waals surface area contributed by atoms with Gasteiger partial charge in [0.2, 0.25) is 5.89 Å². The Morgan fingerprint density at radius 2 is 1.94 bits per heavy atom. The predicted octanol–water partition coefficient (Wildman–Crippen LogP) is 3.57. The van der Waals surface area contributed by atoms with E-state index in [1.54, 1.807) is 30.1 Å². The first-order valence-corrected chi connectivity index (χ1v) is 11.0. The molecule has 0 fully saturated rings. The zero-order valence-corrected chi connectivity index (χ0v) is 20.0. The molecule has 1 atom stereocenters. The normalized spacial score (nSPS) is 12.1. The maximum absolute atomic E-state index is 12.3. The molecule has 9 heteroatoms. The summed E-state index contributed by atoms with van der Waals surface area (Å²) in [4.78, 5) is 21.5.